The summed E-state index contributed by atoms with van der Waals surface area (Å²) in [6.07, 6.45) is -3.60. The molecular weight excluding hydrogens is 509 g/mol. The van der Waals surface area contributed by atoms with E-state index < -0.39 is 21.8 Å². The van der Waals surface area contributed by atoms with Crippen LogP contribution in [0.25, 0.3) is 0 Å². The molecule has 0 aliphatic carbocycles. The van der Waals surface area contributed by atoms with E-state index in [4.69, 9.17) is 5.73 Å². The van der Waals surface area contributed by atoms with Gasteiger partial charge in [0.2, 0.25) is 22.3 Å². The van der Waals surface area contributed by atoms with E-state index in [1.807, 2.05) is 12.1 Å². The van der Waals surface area contributed by atoms with Crippen LogP contribution >= 0.6 is 0 Å². The van der Waals surface area contributed by atoms with Crippen molar-refractivity contribution in [3.63, 3.8) is 0 Å². The standard InChI is InChI=1S/C14H18F3N3O3S.C11H15NO/c15-14(16,17)11-1-3-12(4-2-11)24(22,23)20-9-7-19(8-10-20)13(21)5-6-18;1-9(2)11-5-3-10(4-6-11)7-12-8-13/h1-4H,5-10,18H2;3-6,8-9H,7H2,1-2H3,(H,12,13). The fourth-order valence-corrected chi connectivity index (χ4v) is 5.03. The van der Waals surface area contributed by atoms with Gasteiger partial charge in [0.05, 0.1) is 10.5 Å². The van der Waals surface area contributed by atoms with Crippen molar-refractivity contribution in [2.75, 3.05) is 32.7 Å². The third-order valence-electron chi connectivity index (χ3n) is 5.80. The lowest BCUT2D eigenvalue weighted by molar-refractivity contribution is -0.137. The van der Waals surface area contributed by atoms with Crippen LogP contribution in [0.3, 0.4) is 0 Å². The zero-order valence-corrected chi connectivity index (χ0v) is 21.7. The molecule has 0 spiro atoms. The number of nitrogens with one attached hydrogen (secondary N) is 1. The van der Waals surface area contributed by atoms with Crippen molar-refractivity contribution in [3.05, 3.63) is 65.2 Å². The second-order valence-electron chi connectivity index (χ2n) is 8.74. The second-order valence-corrected chi connectivity index (χ2v) is 10.7. The van der Waals surface area contributed by atoms with Crippen LogP contribution in [0, 0.1) is 0 Å². The minimum atomic E-state index is -4.52. The normalized spacial score (nSPS) is 14.6. The summed E-state index contributed by atoms with van der Waals surface area (Å²) in [4.78, 5) is 23.1. The molecule has 0 aromatic heterocycles. The molecule has 2 aromatic rings. The number of carbonyl (C=O) groups is 2. The largest absolute Gasteiger partial charge is 0.416 e. The molecule has 1 aliphatic rings. The highest BCUT2D eigenvalue weighted by molar-refractivity contribution is 7.89. The van der Waals surface area contributed by atoms with Crippen LogP contribution < -0.4 is 11.1 Å². The van der Waals surface area contributed by atoms with Crippen LogP contribution in [0.5, 0.6) is 0 Å². The first-order chi connectivity index (χ1) is 17.4. The highest BCUT2D eigenvalue weighted by atomic mass is 32.2. The maximum absolute atomic E-state index is 12.5. The van der Waals surface area contributed by atoms with Crippen LogP contribution in [0.4, 0.5) is 13.2 Å². The van der Waals surface area contributed by atoms with Gasteiger partial charge in [-0.3, -0.25) is 9.59 Å². The summed E-state index contributed by atoms with van der Waals surface area (Å²) in [6.45, 7) is 5.83. The molecule has 1 aliphatic heterocycles. The molecule has 8 nitrogen and oxygen atoms in total. The Morgan fingerprint density at radius 1 is 1.03 bits per heavy atom. The minimum absolute atomic E-state index is 0.0969. The van der Waals surface area contributed by atoms with Crippen LogP contribution in [0.2, 0.25) is 0 Å². The van der Waals surface area contributed by atoms with Gasteiger partial charge in [0.15, 0.2) is 0 Å². The maximum atomic E-state index is 12.5. The van der Waals surface area contributed by atoms with Gasteiger partial charge in [-0.2, -0.15) is 17.5 Å². The monoisotopic (exact) mass is 542 g/mol. The van der Waals surface area contributed by atoms with E-state index in [1.165, 1.54) is 14.8 Å². The van der Waals surface area contributed by atoms with Crippen LogP contribution in [0.1, 0.15) is 42.9 Å². The van der Waals surface area contributed by atoms with Crippen LogP contribution in [-0.2, 0) is 32.3 Å². The molecule has 1 heterocycles. The molecule has 2 amide bonds. The number of benzene rings is 2. The third kappa shape index (κ3) is 8.83. The molecule has 3 rings (SSSR count). The highest BCUT2D eigenvalue weighted by Gasteiger charge is 2.33. The summed E-state index contributed by atoms with van der Waals surface area (Å²) >= 11 is 0. The van der Waals surface area contributed by atoms with E-state index in [2.05, 4.69) is 31.3 Å². The molecule has 1 fully saturated rings. The van der Waals surface area contributed by atoms with Gasteiger partial charge in [0, 0.05) is 45.7 Å². The first kappa shape index (κ1) is 30.3. The predicted octanol–water partition coefficient (Wildman–Crippen LogP) is 2.94. The number of nitrogens with zero attached hydrogens (tertiary/aromatic N) is 2. The number of hydrogen-bond acceptors (Lipinski definition) is 5. The van der Waals surface area contributed by atoms with E-state index in [1.54, 1.807) is 0 Å². The zero-order valence-electron chi connectivity index (χ0n) is 20.9. The van der Waals surface area contributed by atoms with Crippen molar-refractivity contribution >= 4 is 22.3 Å². The molecule has 37 heavy (non-hydrogen) atoms. The van der Waals surface area contributed by atoms with Gasteiger partial charge >= 0.3 is 6.18 Å². The SMILES string of the molecule is CC(C)c1ccc(CNC=O)cc1.NCCC(=O)N1CCN(S(=O)(=O)c2ccc(C(F)(F)F)cc2)CC1. The number of halogens is 3. The van der Waals surface area contributed by atoms with Gasteiger partial charge in [-0.25, -0.2) is 8.42 Å². The first-order valence-electron chi connectivity index (χ1n) is 11.8. The summed E-state index contributed by atoms with van der Waals surface area (Å²) in [5.41, 5.74) is 6.88. The van der Waals surface area contributed by atoms with Gasteiger partial charge < -0.3 is 16.0 Å². The Kier molecular flexibility index (Phi) is 11.1. The average molecular weight is 543 g/mol. The van der Waals surface area contributed by atoms with Crippen molar-refractivity contribution in [2.45, 2.75) is 43.8 Å². The van der Waals surface area contributed by atoms with Gasteiger partial charge in [0.25, 0.3) is 0 Å². The van der Waals surface area contributed by atoms with Crippen molar-refractivity contribution in [1.29, 1.82) is 0 Å². The van der Waals surface area contributed by atoms with Gasteiger partial charge in [-0.05, 0) is 41.3 Å². The Morgan fingerprint density at radius 3 is 2.05 bits per heavy atom. The Labute approximate surface area is 215 Å². The zero-order chi connectivity index (χ0) is 27.6. The van der Waals surface area contributed by atoms with Crippen molar-refractivity contribution < 1.29 is 31.2 Å². The predicted molar refractivity (Wildman–Crippen MR) is 134 cm³/mol. The summed E-state index contributed by atoms with van der Waals surface area (Å²) in [6, 6.07) is 11.7. The Bertz CT molecular complexity index is 1110. The van der Waals surface area contributed by atoms with E-state index in [0.717, 1.165) is 36.2 Å². The molecule has 0 bridgehead atoms. The summed E-state index contributed by atoms with van der Waals surface area (Å²) in [7, 11) is -3.88. The van der Waals surface area contributed by atoms with E-state index in [-0.39, 0.29) is 49.9 Å². The summed E-state index contributed by atoms with van der Waals surface area (Å²) in [5, 5.41) is 2.63. The fraction of sp³-hybridized carbons (Fsp3) is 0.440. The summed E-state index contributed by atoms with van der Waals surface area (Å²) in [5.74, 6) is 0.428. The number of sulfonamides is 1. The molecule has 0 saturated carbocycles. The van der Waals surface area contributed by atoms with Crippen molar-refractivity contribution in [2.24, 2.45) is 5.73 Å². The quantitative estimate of drug-likeness (QED) is 0.498. The lowest BCUT2D eigenvalue weighted by Gasteiger charge is -2.34. The van der Waals surface area contributed by atoms with E-state index >= 15 is 0 Å². The molecule has 204 valence electrons. The fourth-order valence-electron chi connectivity index (χ4n) is 3.60. The lowest BCUT2D eigenvalue weighted by Crippen LogP contribution is -2.50. The number of hydrogen-bond donors (Lipinski definition) is 2. The molecule has 3 N–H and O–H groups in total. The maximum Gasteiger partial charge on any atom is 0.416 e. The molecule has 0 unspecified atom stereocenters. The highest BCUT2D eigenvalue weighted by Crippen LogP contribution is 2.30. The van der Waals surface area contributed by atoms with E-state index in [0.29, 0.717) is 12.5 Å². The van der Waals surface area contributed by atoms with Gasteiger partial charge in [-0.15, -0.1) is 0 Å². The Balaban J connectivity index is 0.000000312. The molecular formula is C25H33F3N4O4S. The molecule has 0 radical (unpaired) electrons. The number of alkyl halides is 3. The van der Waals surface area contributed by atoms with Crippen LogP contribution in [0.15, 0.2) is 53.4 Å². The number of carbonyl (C=O) groups excluding carboxylic acids is 2. The lowest BCUT2D eigenvalue weighted by atomic mass is 10.0. The van der Waals surface area contributed by atoms with Gasteiger partial charge in [0.1, 0.15) is 0 Å². The number of nitrogens with two attached hydrogens (primary N) is 1. The van der Waals surface area contributed by atoms with Crippen molar-refractivity contribution in [1.82, 2.24) is 14.5 Å². The molecule has 0 atom stereocenters. The smallest absolute Gasteiger partial charge is 0.355 e. The number of amides is 2. The molecule has 2 aromatic carbocycles. The van der Waals surface area contributed by atoms with E-state index in [9.17, 15) is 31.2 Å². The molecule has 1 saturated heterocycles. The third-order valence-corrected chi connectivity index (χ3v) is 7.72. The Morgan fingerprint density at radius 2 is 1.59 bits per heavy atom. The van der Waals surface area contributed by atoms with Crippen molar-refractivity contribution in [3.8, 4) is 0 Å². The molecule has 12 heteroatoms. The topological polar surface area (TPSA) is 113 Å². The average Bonchev–Trinajstić information content (AvgIpc) is 2.88. The number of piperazine rings is 1. The Hall–Kier alpha value is -2.96. The van der Waals surface area contributed by atoms with Crippen LogP contribution in [-0.4, -0.2) is 62.7 Å². The second kappa shape index (κ2) is 13.5. The minimum Gasteiger partial charge on any atom is -0.355 e. The first-order valence-corrected chi connectivity index (χ1v) is 13.2. The summed E-state index contributed by atoms with van der Waals surface area (Å²) < 4.78 is 63.8. The van der Waals surface area contributed by atoms with Gasteiger partial charge in [-0.1, -0.05) is 38.1 Å². The number of rotatable bonds is 8.